The van der Waals surface area contributed by atoms with Crippen molar-refractivity contribution in [1.82, 2.24) is 0 Å². The van der Waals surface area contributed by atoms with Gasteiger partial charge in [0, 0.05) is 5.69 Å². The van der Waals surface area contributed by atoms with Crippen molar-refractivity contribution in [3.8, 4) is 0 Å². The molecule has 0 aromatic heterocycles. The number of amides is 1. The molecule has 3 N–H and O–H groups in total. The van der Waals surface area contributed by atoms with E-state index in [2.05, 4.69) is 17.2 Å². The second-order valence-corrected chi connectivity index (χ2v) is 5.90. The molecule has 0 fully saturated rings. The third kappa shape index (κ3) is 4.44. The molecule has 0 atom stereocenters. The van der Waals surface area contributed by atoms with Crippen LogP contribution in [0.25, 0.3) is 0 Å². The van der Waals surface area contributed by atoms with Crippen LogP contribution in [0.2, 0.25) is 0 Å². The standard InChI is InChI=1S/C19H19FN2O3/c1-4-16(23)22-15-10-6-9-14(17(15)18(24)25)21-13-8-5-7-12(11-13)19(2,3)20/h4-11,21H,1H2,2-3H3,(H,22,23)(H,24,25). The van der Waals surface area contributed by atoms with Crippen molar-refractivity contribution in [2.24, 2.45) is 0 Å². The van der Waals surface area contributed by atoms with E-state index in [4.69, 9.17) is 0 Å². The van der Waals surface area contributed by atoms with Crippen molar-refractivity contribution < 1.29 is 19.1 Å². The number of carbonyl (C=O) groups excluding carboxylic acids is 1. The number of carbonyl (C=O) groups is 2. The van der Waals surface area contributed by atoms with Gasteiger partial charge >= 0.3 is 5.97 Å². The van der Waals surface area contributed by atoms with Gasteiger partial charge in [-0.25, -0.2) is 9.18 Å². The van der Waals surface area contributed by atoms with Crippen molar-refractivity contribution in [2.75, 3.05) is 10.6 Å². The molecule has 0 aliphatic rings. The Hall–Kier alpha value is -3.15. The molecule has 0 bridgehead atoms. The van der Waals surface area contributed by atoms with Crippen LogP contribution in [-0.4, -0.2) is 17.0 Å². The van der Waals surface area contributed by atoms with Crippen LogP contribution in [-0.2, 0) is 10.5 Å². The second kappa shape index (κ2) is 7.17. The Kier molecular flexibility index (Phi) is 5.22. The zero-order valence-electron chi connectivity index (χ0n) is 14.0. The van der Waals surface area contributed by atoms with Crippen LogP contribution < -0.4 is 10.6 Å². The molecule has 0 saturated heterocycles. The Balaban J connectivity index is 2.43. The summed E-state index contributed by atoms with van der Waals surface area (Å²) in [5, 5.41) is 15.0. The number of hydrogen-bond donors (Lipinski definition) is 3. The van der Waals surface area contributed by atoms with Crippen LogP contribution in [0.15, 0.2) is 55.1 Å². The number of carboxylic acid groups (broad SMARTS) is 1. The van der Waals surface area contributed by atoms with Crippen molar-refractivity contribution in [3.05, 3.63) is 66.2 Å². The lowest BCUT2D eigenvalue weighted by Gasteiger charge is -2.17. The van der Waals surface area contributed by atoms with E-state index in [0.29, 0.717) is 11.3 Å². The maximum atomic E-state index is 14.1. The van der Waals surface area contributed by atoms with Crippen LogP contribution in [0.1, 0.15) is 29.8 Å². The fourth-order valence-electron chi connectivity index (χ4n) is 2.30. The van der Waals surface area contributed by atoms with Gasteiger partial charge in [0.2, 0.25) is 5.91 Å². The number of halogens is 1. The highest BCUT2D eigenvalue weighted by molar-refractivity contribution is 6.07. The third-order valence-electron chi connectivity index (χ3n) is 3.55. The number of alkyl halides is 1. The molecule has 5 nitrogen and oxygen atoms in total. The SMILES string of the molecule is C=CC(=O)Nc1cccc(Nc2cccc(C(C)(C)F)c2)c1C(=O)O. The molecule has 2 rings (SSSR count). The van der Waals surface area contributed by atoms with Gasteiger partial charge in [-0.15, -0.1) is 0 Å². The van der Waals surface area contributed by atoms with Crippen LogP contribution in [0, 0.1) is 0 Å². The number of anilines is 3. The van der Waals surface area contributed by atoms with Gasteiger partial charge in [-0.05, 0) is 49.8 Å². The summed E-state index contributed by atoms with van der Waals surface area (Å²) in [5.41, 5.74) is -0.189. The molecule has 0 radical (unpaired) electrons. The summed E-state index contributed by atoms with van der Waals surface area (Å²) in [7, 11) is 0. The number of nitrogens with one attached hydrogen (secondary N) is 2. The van der Waals surface area contributed by atoms with Gasteiger partial charge in [-0.1, -0.05) is 24.8 Å². The predicted octanol–water partition coefficient (Wildman–Crippen LogP) is 4.46. The number of aromatic carboxylic acids is 1. The monoisotopic (exact) mass is 342 g/mol. The van der Waals surface area contributed by atoms with Gasteiger partial charge < -0.3 is 15.7 Å². The van der Waals surface area contributed by atoms with Crippen molar-refractivity contribution in [3.63, 3.8) is 0 Å². The molecular weight excluding hydrogens is 323 g/mol. The molecule has 1 amide bonds. The van der Waals surface area contributed by atoms with E-state index in [1.807, 2.05) is 0 Å². The molecule has 0 spiro atoms. The Morgan fingerprint density at radius 2 is 1.80 bits per heavy atom. The van der Waals surface area contributed by atoms with Crippen molar-refractivity contribution >= 4 is 28.9 Å². The summed E-state index contributed by atoms with van der Waals surface area (Å²) < 4.78 is 14.1. The third-order valence-corrected chi connectivity index (χ3v) is 3.55. The lowest BCUT2D eigenvalue weighted by molar-refractivity contribution is -0.111. The van der Waals surface area contributed by atoms with E-state index in [-0.39, 0.29) is 16.9 Å². The Labute approximate surface area is 145 Å². The number of benzene rings is 2. The molecule has 130 valence electrons. The Morgan fingerprint density at radius 3 is 2.40 bits per heavy atom. The topological polar surface area (TPSA) is 78.4 Å². The summed E-state index contributed by atoms with van der Waals surface area (Å²) in [6, 6.07) is 11.3. The first kappa shape index (κ1) is 18.2. The average molecular weight is 342 g/mol. The molecule has 0 unspecified atom stereocenters. The zero-order chi connectivity index (χ0) is 18.6. The molecule has 0 aliphatic heterocycles. The molecular formula is C19H19FN2O3. The van der Waals surface area contributed by atoms with Gasteiger partial charge in [0.25, 0.3) is 0 Å². The number of hydrogen-bond acceptors (Lipinski definition) is 3. The summed E-state index contributed by atoms with van der Waals surface area (Å²) >= 11 is 0. The molecule has 6 heteroatoms. The predicted molar refractivity (Wildman–Crippen MR) is 96.1 cm³/mol. The smallest absolute Gasteiger partial charge is 0.339 e. The molecule has 0 heterocycles. The number of rotatable bonds is 6. The molecule has 2 aromatic rings. The highest BCUT2D eigenvalue weighted by Gasteiger charge is 2.20. The summed E-state index contributed by atoms with van der Waals surface area (Å²) in [4.78, 5) is 23.1. The Morgan fingerprint density at radius 1 is 1.16 bits per heavy atom. The van der Waals surface area contributed by atoms with E-state index < -0.39 is 17.5 Å². The van der Waals surface area contributed by atoms with Crippen LogP contribution in [0.5, 0.6) is 0 Å². The maximum absolute atomic E-state index is 14.1. The van der Waals surface area contributed by atoms with E-state index in [1.165, 1.54) is 19.9 Å². The minimum absolute atomic E-state index is 0.0948. The van der Waals surface area contributed by atoms with Crippen molar-refractivity contribution in [2.45, 2.75) is 19.5 Å². The fourth-order valence-corrected chi connectivity index (χ4v) is 2.30. The van der Waals surface area contributed by atoms with E-state index in [1.54, 1.807) is 36.4 Å². The van der Waals surface area contributed by atoms with Crippen molar-refractivity contribution in [1.29, 1.82) is 0 Å². The molecule has 0 saturated carbocycles. The largest absolute Gasteiger partial charge is 0.478 e. The van der Waals surface area contributed by atoms with Gasteiger partial charge in [0.1, 0.15) is 11.2 Å². The zero-order valence-corrected chi connectivity index (χ0v) is 14.0. The lowest BCUT2D eigenvalue weighted by atomic mass is 9.99. The highest BCUT2D eigenvalue weighted by atomic mass is 19.1. The van der Waals surface area contributed by atoms with Crippen LogP contribution >= 0.6 is 0 Å². The maximum Gasteiger partial charge on any atom is 0.339 e. The molecule has 25 heavy (non-hydrogen) atoms. The fraction of sp³-hybridized carbons (Fsp3) is 0.158. The molecule has 0 aliphatic carbocycles. The second-order valence-electron chi connectivity index (χ2n) is 5.90. The Bertz CT molecular complexity index is 826. The van der Waals surface area contributed by atoms with E-state index >= 15 is 0 Å². The van der Waals surface area contributed by atoms with Gasteiger partial charge in [0.15, 0.2) is 0 Å². The van der Waals surface area contributed by atoms with Gasteiger partial charge in [-0.3, -0.25) is 4.79 Å². The van der Waals surface area contributed by atoms with Crippen LogP contribution in [0.3, 0.4) is 0 Å². The van der Waals surface area contributed by atoms with Gasteiger partial charge in [0.05, 0.1) is 11.4 Å². The number of carboxylic acids is 1. The van der Waals surface area contributed by atoms with Crippen LogP contribution in [0.4, 0.5) is 21.5 Å². The summed E-state index contributed by atoms with van der Waals surface area (Å²) in [6.45, 7) is 6.23. The minimum Gasteiger partial charge on any atom is -0.478 e. The average Bonchev–Trinajstić information content (AvgIpc) is 2.54. The quantitative estimate of drug-likeness (QED) is 0.677. The minimum atomic E-state index is -1.52. The first-order chi connectivity index (χ1) is 11.7. The highest BCUT2D eigenvalue weighted by Crippen LogP contribution is 2.30. The lowest BCUT2D eigenvalue weighted by Crippen LogP contribution is -2.13. The first-order valence-electron chi connectivity index (χ1n) is 7.58. The van der Waals surface area contributed by atoms with Gasteiger partial charge in [-0.2, -0.15) is 0 Å². The summed E-state index contributed by atoms with van der Waals surface area (Å²) in [5.74, 6) is -1.72. The summed E-state index contributed by atoms with van der Waals surface area (Å²) in [6.07, 6.45) is 1.05. The van der Waals surface area contributed by atoms with E-state index in [0.717, 1.165) is 6.08 Å². The first-order valence-corrected chi connectivity index (χ1v) is 7.58. The van der Waals surface area contributed by atoms with E-state index in [9.17, 15) is 19.1 Å². The molecule has 2 aromatic carbocycles. The normalized spacial score (nSPS) is 10.8.